The number of hydrogen-bond donors (Lipinski definition) is 3. The van der Waals surface area contributed by atoms with Crippen LogP contribution in [-0.2, 0) is 6.42 Å². The third kappa shape index (κ3) is 2.82. The Morgan fingerprint density at radius 1 is 1.42 bits per heavy atom. The van der Waals surface area contributed by atoms with E-state index in [0.717, 1.165) is 5.56 Å². The van der Waals surface area contributed by atoms with Crippen molar-refractivity contribution in [2.24, 2.45) is 5.73 Å². The van der Waals surface area contributed by atoms with Crippen molar-refractivity contribution in [1.29, 1.82) is 0 Å². The first kappa shape index (κ1) is 13.3. The summed E-state index contributed by atoms with van der Waals surface area (Å²) < 4.78 is 0. The molecule has 0 bridgehead atoms. The largest absolute Gasteiger partial charge is 0.493 e. The maximum absolute atomic E-state index is 12.1. The van der Waals surface area contributed by atoms with E-state index in [1.807, 2.05) is 32.0 Å². The number of nitrogens with one attached hydrogen (secondary N) is 1. The van der Waals surface area contributed by atoms with Gasteiger partial charge in [0, 0.05) is 12.5 Å². The molecule has 1 unspecified atom stereocenters. The minimum absolute atomic E-state index is 0.133. The Morgan fingerprint density at radius 3 is 2.68 bits per heavy atom. The first-order valence-electron chi connectivity index (χ1n) is 6.12. The molecular weight excluding hydrogens is 242 g/mol. The van der Waals surface area contributed by atoms with Crippen LogP contribution in [0.5, 0.6) is 5.88 Å². The summed E-state index contributed by atoms with van der Waals surface area (Å²) in [6.07, 6.45) is 0.414. The fourth-order valence-electron chi connectivity index (χ4n) is 2.00. The lowest BCUT2D eigenvalue weighted by Gasteiger charge is -2.09. The molecule has 1 atom stereocenters. The lowest BCUT2D eigenvalue weighted by molar-refractivity contribution is 0.449. The van der Waals surface area contributed by atoms with Crippen molar-refractivity contribution in [3.8, 4) is 17.0 Å². The smallest absolute Gasteiger partial charge is 0.262 e. The Morgan fingerprint density at radius 2 is 2.11 bits per heavy atom. The summed E-state index contributed by atoms with van der Waals surface area (Å²) in [6, 6.07) is 7.22. The van der Waals surface area contributed by atoms with Crippen LogP contribution in [0.1, 0.15) is 18.3 Å². The van der Waals surface area contributed by atoms with Gasteiger partial charge in [0.1, 0.15) is 11.4 Å². The number of aryl methyl sites for hydroxylation is 1. The Bertz CT molecular complexity index is 647. The molecular formula is C14H17N3O2. The number of nitrogens with two attached hydrogens (primary N) is 1. The van der Waals surface area contributed by atoms with E-state index in [4.69, 9.17) is 5.73 Å². The van der Waals surface area contributed by atoms with Crippen LogP contribution in [0.3, 0.4) is 0 Å². The van der Waals surface area contributed by atoms with Crippen LogP contribution in [0.25, 0.3) is 11.1 Å². The molecule has 0 radical (unpaired) electrons. The van der Waals surface area contributed by atoms with Gasteiger partial charge in [0.05, 0.1) is 0 Å². The van der Waals surface area contributed by atoms with Crippen LogP contribution in [-0.4, -0.2) is 21.1 Å². The van der Waals surface area contributed by atoms with E-state index in [2.05, 4.69) is 9.97 Å². The predicted molar refractivity (Wildman–Crippen MR) is 74.0 cm³/mol. The molecule has 5 heteroatoms. The molecule has 0 amide bonds. The normalized spacial score (nSPS) is 12.4. The molecule has 1 aromatic carbocycles. The van der Waals surface area contributed by atoms with Crippen molar-refractivity contribution >= 4 is 0 Å². The van der Waals surface area contributed by atoms with Gasteiger partial charge in [-0.15, -0.1) is 0 Å². The van der Waals surface area contributed by atoms with Gasteiger partial charge in [0.25, 0.3) is 5.56 Å². The highest BCUT2D eigenvalue weighted by Gasteiger charge is 2.14. The van der Waals surface area contributed by atoms with Crippen LogP contribution >= 0.6 is 0 Å². The highest BCUT2D eigenvalue weighted by atomic mass is 16.3. The first-order valence-corrected chi connectivity index (χ1v) is 6.12. The van der Waals surface area contributed by atoms with Crippen LogP contribution in [0.15, 0.2) is 29.1 Å². The van der Waals surface area contributed by atoms with E-state index < -0.39 is 0 Å². The Kier molecular flexibility index (Phi) is 3.66. The van der Waals surface area contributed by atoms with E-state index in [1.165, 1.54) is 0 Å². The summed E-state index contributed by atoms with van der Waals surface area (Å²) in [5, 5.41) is 9.99. The average Bonchev–Trinajstić information content (AvgIpc) is 2.29. The third-order valence-corrected chi connectivity index (χ3v) is 2.88. The van der Waals surface area contributed by atoms with Crippen LogP contribution < -0.4 is 11.3 Å². The number of benzene rings is 1. The second-order valence-electron chi connectivity index (χ2n) is 4.71. The van der Waals surface area contributed by atoms with Gasteiger partial charge in [0.15, 0.2) is 0 Å². The molecule has 0 saturated carbocycles. The standard InChI is InChI=1S/C14H17N3O2/c1-8-5-3-4-6-10(8)12-13(18)16-11(7-9(2)15)17-14(12)19/h3-6,9H,7,15H2,1-2H3,(H2,16,17,18,19). The molecule has 2 aromatic rings. The van der Waals surface area contributed by atoms with Gasteiger partial charge in [-0.1, -0.05) is 24.3 Å². The minimum atomic E-state index is -0.350. The van der Waals surface area contributed by atoms with E-state index >= 15 is 0 Å². The molecule has 0 aliphatic carbocycles. The molecule has 0 aliphatic heterocycles. The lowest BCUT2D eigenvalue weighted by atomic mass is 10.0. The second-order valence-corrected chi connectivity index (χ2v) is 4.71. The van der Waals surface area contributed by atoms with Gasteiger partial charge in [-0.05, 0) is 25.0 Å². The van der Waals surface area contributed by atoms with Crippen molar-refractivity contribution in [2.45, 2.75) is 26.3 Å². The molecule has 100 valence electrons. The number of hydrogen-bond acceptors (Lipinski definition) is 4. The number of nitrogens with zero attached hydrogens (tertiary/aromatic N) is 1. The maximum atomic E-state index is 12.1. The van der Waals surface area contributed by atoms with E-state index in [-0.39, 0.29) is 23.0 Å². The summed E-state index contributed by atoms with van der Waals surface area (Å²) in [5.74, 6) is 0.142. The fourth-order valence-corrected chi connectivity index (χ4v) is 2.00. The van der Waals surface area contributed by atoms with Crippen molar-refractivity contribution in [3.05, 3.63) is 46.0 Å². The first-order chi connectivity index (χ1) is 8.99. The zero-order chi connectivity index (χ0) is 14.0. The van der Waals surface area contributed by atoms with Gasteiger partial charge in [-0.3, -0.25) is 4.79 Å². The average molecular weight is 259 g/mol. The van der Waals surface area contributed by atoms with Crippen molar-refractivity contribution in [1.82, 2.24) is 9.97 Å². The molecule has 1 aromatic heterocycles. The molecule has 4 N–H and O–H groups in total. The molecule has 0 aliphatic rings. The lowest BCUT2D eigenvalue weighted by Crippen LogP contribution is -2.22. The SMILES string of the molecule is Cc1ccccc1-c1c(O)nc(CC(C)N)[nH]c1=O. The highest BCUT2D eigenvalue weighted by molar-refractivity contribution is 5.70. The van der Waals surface area contributed by atoms with E-state index in [9.17, 15) is 9.90 Å². The Labute approximate surface area is 111 Å². The van der Waals surface area contributed by atoms with Crippen LogP contribution in [0.4, 0.5) is 0 Å². The van der Waals surface area contributed by atoms with E-state index in [1.54, 1.807) is 6.07 Å². The summed E-state index contributed by atoms with van der Waals surface area (Å²) in [6.45, 7) is 3.69. The highest BCUT2D eigenvalue weighted by Crippen LogP contribution is 2.26. The third-order valence-electron chi connectivity index (χ3n) is 2.88. The van der Waals surface area contributed by atoms with Crippen LogP contribution in [0, 0.1) is 6.92 Å². The zero-order valence-electron chi connectivity index (χ0n) is 11.0. The molecule has 5 nitrogen and oxygen atoms in total. The molecule has 0 saturated heterocycles. The summed E-state index contributed by atoms with van der Waals surface area (Å²) >= 11 is 0. The molecule has 0 spiro atoms. The van der Waals surface area contributed by atoms with Gasteiger partial charge < -0.3 is 15.8 Å². The second kappa shape index (κ2) is 5.24. The topological polar surface area (TPSA) is 92.0 Å². The fraction of sp³-hybridized carbons (Fsp3) is 0.286. The van der Waals surface area contributed by atoms with Crippen molar-refractivity contribution < 1.29 is 5.11 Å². The molecule has 2 rings (SSSR count). The van der Waals surface area contributed by atoms with E-state index in [0.29, 0.717) is 17.8 Å². The predicted octanol–water partition coefficient (Wildman–Crippen LogP) is 1.34. The Hall–Kier alpha value is -2.14. The number of rotatable bonds is 3. The minimum Gasteiger partial charge on any atom is -0.493 e. The van der Waals surface area contributed by atoms with Crippen molar-refractivity contribution in [3.63, 3.8) is 0 Å². The number of H-pyrrole nitrogens is 1. The maximum Gasteiger partial charge on any atom is 0.262 e. The van der Waals surface area contributed by atoms with Crippen molar-refractivity contribution in [2.75, 3.05) is 0 Å². The summed E-state index contributed by atoms with van der Waals surface area (Å²) in [5.41, 5.74) is 7.09. The monoisotopic (exact) mass is 259 g/mol. The molecule has 0 fully saturated rings. The molecule has 1 heterocycles. The molecule has 19 heavy (non-hydrogen) atoms. The Balaban J connectivity index is 2.55. The van der Waals surface area contributed by atoms with Crippen LogP contribution in [0.2, 0.25) is 0 Å². The van der Waals surface area contributed by atoms with Gasteiger partial charge in [-0.25, -0.2) is 0 Å². The summed E-state index contributed by atoms with van der Waals surface area (Å²) in [4.78, 5) is 18.8. The number of aromatic hydroxyl groups is 1. The van der Waals surface area contributed by atoms with Gasteiger partial charge in [0.2, 0.25) is 5.88 Å². The summed E-state index contributed by atoms with van der Waals surface area (Å²) in [7, 11) is 0. The number of aromatic nitrogens is 2. The van der Waals surface area contributed by atoms with Gasteiger partial charge >= 0.3 is 0 Å². The number of aromatic amines is 1. The zero-order valence-corrected chi connectivity index (χ0v) is 11.0. The van der Waals surface area contributed by atoms with Gasteiger partial charge in [-0.2, -0.15) is 4.98 Å². The quantitative estimate of drug-likeness (QED) is 0.775.